The standard InChI is InChI=1S/C85H77N5O6S/c1-82(2,3)55-29-33-74-66(44-55)67-45-56(83(4,5)6)30-34-75(67)89(74)78-39-52(40-79(86-78)90-76-35-31-57(84(7,8)9)46-68(76)69-47-58(85(10,11)12)32-36-77(69)90)50-96-81(92)54-41-53(42-61(43-54)97(93)94)80(91)95-49-51-37-59(87-70-25-17-13-21-62(70)63-22-14-18-26-71(63)87)48-60(38-51)88-72-27-19-15-23-64(72)65-24-16-20-28-73(65)88/h13-48H,49-50H2,1-12H3,(H,93,94)/p-1. The van der Waals surface area contributed by atoms with Crippen LogP contribution in [0.1, 0.15) is 137 Å². The molecule has 10 aromatic carbocycles. The van der Waals surface area contributed by atoms with Crippen LogP contribution in [0, 0.1) is 0 Å². The molecule has 0 saturated carbocycles. The number of carbonyl (C=O) groups is 2. The maximum Gasteiger partial charge on any atom is 0.338 e. The van der Waals surface area contributed by atoms with Gasteiger partial charge in [-0.1, -0.05) is 180 Å². The second-order valence-electron chi connectivity index (χ2n) is 30.0. The number of rotatable bonds is 11. The average Bonchev–Trinajstić information content (AvgIpc) is 1.59. The van der Waals surface area contributed by atoms with Gasteiger partial charge in [-0.25, -0.2) is 14.6 Å². The van der Waals surface area contributed by atoms with Crippen LogP contribution in [-0.4, -0.2) is 44.0 Å². The van der Waals surface area contributed by atoms with E-state index in [-0.39, 0.29) is 50.9 Å². The number of ether oxygens (including phenoxy) is 2. The third-order valence-electron chi connectivity index (χ3n) is 19.3. The number of carbonyl (C=O) groups excluding carboxylic acids is 2. The van der Waals surface area contributed by atoms with E-state index < -0.39 is 23.0 Å². The Morgan fingerprint density at radius 2 is 0.639 bits per heavy atom. The Kier molecular flexibility index (Phi) is 15.0. The number of para-hydroxylation sites is 4. The first kappa shape index (κ1) is 62.7. The predicted molar refractivity (Wildman–Crippen MR) is 395 cm³/mol. The SMILES string of the molecule is CC(C)(C)c1ccc2c(c1)c1cc(C(C)(C)C)ccc1n2-c1cc(COC(=O)c2cc(C(=O)OCc3cc(-n4c5ccccc5c5ccccc54)cc(-n4c5ccccc5c5ccccc54)c3)cc(S(=O)[O-])c2)cc(-n2c3ccc(C(C)(C)C)cc3c3cc(C(C)(C)C)ccc32)n1. The van der Waals surface area contributed by atoms with E-state index in [0.29, 0.717) is 22.8 Å². The molecule has 0 amide bonds. The lowest BCUT2D eigenvalue weighted by atomic mass is 9.85. The highest BCUT2D eigenvalue weighted by Gasteiger charge is 2.27. The minimum Gasteiger partial charge on any atom is -0.768 e. The molecule has 0 aliphatic heterocycles. The second kappa shape index (κ2) is 23.2. The third-order valence-corrected chi connectivity index (χ3v) is 19.9. The lowest BCUT2D eigenvalue weighted by molar-refractivity contribution is 0.0469. The summed E-state index contributed by atoms with van der Waals surface area (Å²) in [6.07, 6.45) is 0. The summed E-state index contributed by atoms with van der Waals surface area (Å²) in [5.74, 6) is -0.436. The molecule has 0 bridgehead atoms. The summed E-state index contributed by atoms with van der Waals surface area (Å²) < 4.78 is 47.4. The Balaban J connectivity index is 0.820. The van der Waals surface area contributed by atoms with Gasteiger partial charge in [-0.15, -0.1) is 0 Å². The molecule has 15 rings (SSSR count). The zero-order valence-electron chi connectivity index (χ0n) is 56.8. The summed E-state index contributed by atoms with van der Waals surface area (Å²) in [5.41, 5.74) is 15.0. The summed E-state index contributed by atoms with van der Waals surface area (Å²) in [7, 11) is 0. The van der Waals surface area contributed by atoms with Crippen molar-refractivity contribution < 1.29 is 27.8 Å². The highest BCUT2D eigenvalue weighted by Crippen LogP contribution is 2.42. The molecule has 484 valence electrons. The molecule has 0 spiro atoms. The average molecular weight is 1300 g/mol. The topological polar surface area (TPSA) is 125 Å². The van der Waals surface area contributed by atoms with E-state index in [0.717, 1.165) is 98.6 Å². The highest BCUT2D eigenvalue weighted by molar-refractivity contribution is 7.79. The molecule has 0 radical (unpaired) electrons. The van der Waals surface area contributed by atoms with E-state index in [9.17, 15) is 18.4 Å². The molecule has 0 aliphatic rings. The van der Waals surface area contributed by atoms with Crippen LogP contribution in [0.3, 0.4) is 0 Å². The minimum absolute atomic E-state index is 0.123. The van der Waals surface area contributed by atoms with Gasteiger partial charge in [0.15, 0.2) is 0 Å². The molecule has 15 aromatic rings. The first-order valence-corrected chi connectivity index (χ1v) is 34.2. The Hall–Kier alpha value is -10.4. The van der Waals surface area contributed by atoms with Crippen LogP contribution in [0.15, 0.2) is 223 Å². The predicted octanol–water partition coefficient (Wildman–Crippen LogP) is 20.6. The summed E-state index contributed by atoms with van der Waals surface area (Å²) in [5, 5.41) is 8.77. The molecule has 0 N–H and O–H groups in total. The Bertz CT molecular complexity index is 5240. The van der Waals surface area contributed by atoms with E-state index in [2.05, 4.69) is 229 Å². The van der Waals surface area contributed by atoms with Gasteiger partial charge in [0.05, 0.1) is 55.3 Å². The van der Waals surface area contributed by atoms with Crippen molar-refractivity contribution in [3.63, 3.8) is 0 Å². The van der Waals surface area contributed by atoms with Crippen LogP contribution in [0.4, 0.5) is 0 Å². The van der Waals surface area contributed by atoms with Crippen molar-refractivity contribution in [2.24, 2.45) is 0 Å². The largest absolute Gasteiger partial charge is 0.768 e. The number of aromatic nitrogens is 5. The van der Waals surface area contributed by atoms with Crippen LogP contribution in [-0.2, 0) is 55.4 Å². The van der Waals surface area contributed by atoms with Crippen LogP contribution in [0.5, 0.6) is 0 Å². The monoisotopic (exact) mass is 1290 g/mol. The zero-order valence-corrected chi connectivity index (χ0v) is 57.6. The third kappa shape index (κ3) is 11.2. The maximum atomic E-state index is 14.8. The van der Waals surface area contributed by atoms with Crippen molar-refractivity contribution in [2.45, 2.75) is 123 Å². The molecule has 11 nitrogen and oxygen atoms in total. The first-order valence-electron chi connectivity index (χ1n) is 33.1. The maximum absolute atomic E-state index is 14.8. The molecule has 0 aliphatic carbocycles. The Morgan fingerprint density at radius 1 is 0.351 bits per heavy atom. The van der Waals surface area contributed by atoms with Crippen LogP contribution in [0.2, 0.25) is 0 Å². The van der Waals surface area contributed by atoms with Gasteiger partial charge in [0, 0.05) is 59.4 Å². The summed E-state index contributed by atoms with van der Waals surface area (Å²) in [6.45, 7) is 26.3. The number of pyridine rings is 1. The van der Waals surface area contributed by atoms with Gasteiger partial charge in [-0.2, -0.15) is 0 Å². The van der Waals surface area contributed by atoms with Gasteiger partial charge < -0.3 is 23.2 Å². The van der Waals surface area contributed by atoms with Gasteiger partial charge in [0.2, 0.25) is 0 Å². The first-order chi connectivity index (χ1) is 46.2. The van der Waals surface area contributed by atoms with Gasteiger partial charge in [-0.05, 0) is 187 Å². The lowest BCUT2D eigenvalue weighted by Crippen LogP contribution is -2.12. The summed E-state index contributed by atoms with van der Waals surface area (Å²) in [4.78, 5) is 34.8. The van der Waals surface area contributed by atoms with E-state index in [1.54, 1.807) is 0 Å². The van der Waals surface area contributed by atoms with Crippen molar-refractivity contribution >= 4 is 110 Å². The van der Waals surface area contributed by atoms with E-state index >= 15 is 0 Å². The smallest absolute Gasteiger partial charge is 0.338 e. The zero-order chi connectivity index (χ0) is 67.8. The van der Waals surface area contributed by atoms with Gasteiger partial charge in [0.1, 0.15) is 24.8 Å². The molecular weight excluding hydrogens is 1220 g/mol. The number of fused-ring (bicyclic) bond motifs is 12. The van der Waals surface area contributed by atoms with Crippen molar-refractivity contribution in [1.82, 2.24) is 23.3 Å². The van der Waals surface area contributed by atoms with E-state index in [1.165, 1.54) is 40.5 Å². The minimum atomic E-state index is -2.85. The van der Waals surface area contributed by atoms with Crippen molar-refractivity contribution in [3.8, 4) is 23.0 Å². The molecule has 1 unspecified atom stereocenters. The summed E-state index contributed by atoms with van der Waals surface area (Å²) in [6, 6.07) is 73.9. The van der Waals surface area contributed by atoms with Gasteiger partial charge >= 0.3 is 11.9 Å². The molecule has 5 heterocycles. The Morgan fingerprint density at radius 3 is 0.938 bits per heavy atom. The lowest BCUT2D eigenvalue weighted by Gasteiger charge is -2.19. The second-order valence-corrected chi connectivity index (χ2v) is 31.0. The fraction of sp³-hybridized carbons (Fsp3) is 0.212. The number of hydrogen-bond acceptors (Lipinski definition) is 7. The van der Waals surface area contributed by atoms with Gasteiger partial charge in [0.25, 0.3) is 0 Å². The number of esters is 2. The Labute approximate surface area is 566 Å². The molecule has 97 heavy (non-hydrogen) atoms. The number of hydrogen-bond donors (Lipinski definition) is 0. The summed E-state index contributed by atoms with van der Waals surface area (Å²) >= 11 is -2.85. The quantitative estimate of drug-likeness (QED) is 0.0932. The molecular formula is C85H76N5O6S-. The fourth-order valence-corrected chi connectivity index (χ4v) is 14.5. The molecule has 1 atom stereocenters. The van der Waals surface area contributed by atoms with Gasteiger partial charge in [-0.3, -0.25) is 13.3 Å². The number of benzene rings is 10. The van der Waals surface area contributed by atoms with Crippen molar-refractivity contribution in [1.29, 1.82) is 0 Å². The normalized spacial score (nSPS) is 13.0. The van der Waals surface area contributed by atoms with Crippen LogP contribution in [0.25, 0.3) is 110 Å². The molecule has 12 heteroatoms. The molecule has 0 fully saturated rings. The molecule has 5 aromatic heterocycles. The van der Waals surface area contributed by atoms with Crippen LogP contribution >= 0.6 is 0 Å². The van der Waals surface area contributed by atoms with Crippen molar-refractivity contribution in [3.05, 3.63) is 263 Å². The fourth-order valence-electron chi connectivity index (χ4n) is 14.1. The number of nitrogens with zero attached hydrogens (tertiary/aromatic N) is 5. The van der Waals surface area contributed by atoms with Crippen LogP contribution < -0.4 is 0 Å². The van der Waals surface area contributed by atoms with Crippen molar-refractivity contribution in [2.75, 3.05) is 0 Å². The molecule has 0 saturated heterocycles. The van der Waals surface area contributed by atoms with E-state index in [1.807, 2.05) is 72.8 Å². The highest BCUT2D eigenvalue weighted by atomic mass is 32.2. The van der Waals surface area contributed by atoms with E-state index in [4.69, 9.17) is 14.5 Å².